The largest absolute Gasteiger partial charge is 0.381 e. The Bertz CT molecular complexity index is 948. The standard InChI is InChI=1S/C21H30N6O3S/c1-25-6-8-26(9-7-25)17-12-16(31-24-21(29)4-5-21)14-27-18(13-22-19(17)27)20(28)23-15-2-10-30-11-3-15/h12-15,24,29H,2-11H2,1H3,(H,23,28). The molecule has 0 unspecified atom stereocenters. The molecule has 3 N–H and O–H groups in total. The number of fused-ring (bicyclic) bond motifs is 1. The molecule has 5 rings (SSSR count). The monoisotopic (exact) mass is 446 g/mol. The number of nitrogens with one attached hydrogen (secondary N) is 2. The van der Waals surface area contributed by atoms with Crippen molar-refractivity contribution in [1.82, 2.24) is 24.3 Å². The van der Waals surface area contributed by atoms with Gasteiger partial charge in [0.1, 0.15) is 11.4 Å². The predicted octanol–water partition coefficient (Wildman–Crippen LogP) is 1.07. The highest BCUT2D eigenvalue weighted by atomic mass is 32.2. The maximum absolute atomic E-state index is 13.1. The molecular formula is C21H30N6O3S. The topological polar surface area (TPSA) is 94.4 Å². The van der Waals surface area contributed by atoms with Crippen molar-refractivity contribution in [3.05, 3.63) is 24.2 Å². The molecule has 10 heteroatoms. The number of carbonyl (C=O) groups is 1. The molecular weight excluding hydrogens is 416 g/mol. The van der Waals surface area contributed by atoms with Gasteiger partial charge in [0.25, 0.3) is 5.91 Å². The fraction of sp³-hybridized carbons (Fsp3) is 0.619. The van der Waals surface area contributed by atoms with Crippen LogP contribution in [-0.2, 0) is 4.74 Å². The van der Waals surface area contributed by atoms with E-state index in [2.05, 4.69) is 37.9 Å². The zero-order valence-corrected chi connectivity index (χ0v) is 18.7. The lowest BCUT2D eigenvalue weighted by atomic mass is 10.1. The van der Waals surface area contributed by atoms with E-state index in [0.29, 0.717) is 18.9 Å². The zero-order chi connectivity index (χ0) is 21.4. The number of imidazole rings is 1. The first-order chi connectivity index (χ1) is 15.0. The Morgan fingerprint density at radius 2 is 2.00 bits per heavy atom. The van der Waals surface area contributed by atoms with Gasteiger partial charge in [0.2, 0.25) is 0 Å². The number of likely N-dealkylation sites (N-methyl/N-ethyl adjacent to an activating group) is 1. The molecule has 4 heterocycles. The van der Waals surface area contributed by atoms with Crippen molar-refractivity contribution in [3.8, 4) is 0 Å². The highest BCUT2D eigenvalue weighted by molar-refractivity contribution is 7.97. The van der Waals surface area contributed by atoms with Crippen LogP contribution in [0.25, 0.3) is 5.65 Å². The highest BCUT2D eigenvalue weighted by Gasteiger charge is 2.40. The summed E-state index contributed by atoms with van der Waals surface area (Å²) >= 11 is 1.41. The van der Waals surface area contributed by atoms with E-state index in [1.54, 1.807) is 6.20 Å². The molecule has 168 valence electrons. The van der Waals surface area contributed by atoms with Crippen LogP contribution in [-0.4, -0.2) is 83.5 Å². The number of nitrogens with zero attached hydrogens (tertiary/aromatic N) is 4. The van der Waals surface area contributed by atoms with Gasteiger partial charge in [0.15, 0.2) is 5.65 Å². The van der Waals surface area contributed by atoms with Gasteiger partial charge in [-0.3, -0.25) is 9.20 Å². The Kier molecular flexibility index (Phi) is 5.82. The van der Waals surface area contributed by atoms with Gasteiger partial charge in [-0.2, -0.15) is 0 Å². The fourth-order valence-electron chi connectivity index (χ4n) is 4.02. The summed E-state index contributed by atoms with van der Waals surface area (Å²) in [4.78, 5) is 23.3. The summed E-state index contributed by atoms with van der Waals surface area (Å²) in [7, 11) is 2.13. The molecule has 3 fully saturated rings. The number of hydrogen-bond donors (Lipinski definition) is 3. The van der Waals surface area contributed by atoms with Gasteiger partial charge in [-0.25, -0.2) is 9.71 Å². The second-order valence-electron chi connectivity index (χ2n) is 8.78. The first-order valence-corrected chi connectivity index (χ1v) is 11.8. The van der Waals surface area contributed by atoms with E-state index >= 15 is 0 Å². The van der Waals surface area contributed by atoms with Crippen LogP contribution in [0.3, 0.4) is 0 Å². The summed E-state index contributed by atoms with van der Waals surface area (Å²) in [5.74, 6) is -0.111. The summed E-state index contributed by atoms with van der Waals surface area (Å²) in [5, 5.41) is 13.3. The van der Waals surface area contributed by atoms with Gasteiger partial charge in [-0.05, 0) is 50.7 Å². The molecule has 3 aliphatic rings. The van der Waals surface area contributed by atoms with Gasteiger partial charge in [0.05, 0.1) is 11.9 Å². The van der Waals surface area contributed by atoms with E-state index < -0.39 is 5.72 Å². The average molecular weight is 447 g/mol. The number of rotatable bonds is 6. The van der Waals surface area contributed by atoms with Crippen LogP contribution in [0.4, 0.5) is 5.69 Å². The lowest BCUT2D eigenvalue weighted by molar-refractivity contribution is 0.0693. The number of hydrogen-bond acceptors (Lipinski definition) is 8. The first kappa shape index (κ1) is 21.0. The number of aliphatic hydroxyl groups is 1. The second-order valence-corrected chi connectivity index (χ2v) is 9.66. The molecule has 0 spiro atoms. The summed E-state index contributed by atoms with van der Waals surface area (Å²) in [6.07, 6.45) is 6.79. The lowest BCUT2D eigenvalue weighted by Crippen LogP contribution is -2.44. The molecule has 31 heavy (non-hydrogen) atoms. The molecule has 1 aliphatic carbocycles. The minimum Gasteiger partial charge on any atom is -0.381 e. The minimum atomic E-state index is -0.772. The van der Waals surface area contributed by atoms with Gasteiger partial charge in [-0.15, -0.1) is 0 Å². The predicted molar refractivity (Wildman–Crippen MR) is 119 cm³/mol. The van der Waals surface area contributed by atoms with E-state index in [4.69, 9.17) is 4.74 Å². The van der Waals surface area contributed by atoms with Crippen molar-refractivity contribution >= 4 is 29.2 Å². The number of aromatic nitrogens is 2. The lowest BCUT2D eigenvalue weighted by Gasteiger charge is -2.34. The molecule has 0 aromatic carbocycles. The van der Waals surface area contributed by atoms with E-state index in [-0.39, 0.29) is 11.9 Å². The Balaban J connectivity index is 1.45. The van der Waals surface area contributed by atoms with Gasteiger partial charge in [0, 0.05) is 56.5 Å². The van der Waals surface area contributed by atoms with Crippen LogP contribution in [0.2, 0.25) is 0 Å². The first-order valence-electron chi connectivity index (χ1n) is 11.0. The molecule has 0 bridgehead atoms. The number of carbonyl (C=O) groups excluding carboxylic acids is 1. The normalized spacial score (nSPS) is 22.1. The minimum absolute atomic E-state index is 0.111. The van der Waals surface area contributed by atoms with Crippen LogP contribution >= 0.6 is 11.9 Å². The third kappa shape index (κ3) is 4.68. The molecule has 2 aliphatic heterocycles. The maximum atomic E-state index is 13.1. The summed E-state index contributed by atoms with van der Waals surface area (Å²) in [6, 6.07) is 2.24. The molecule has 2 saturated heterocycles. The molecule has 1 amide bonds. The van der Waals surface area contributed by atoms with Crippen LogP contribution < -0.4 is 14.9 Å². The van der Waals surface area contributed by atoms with Crippen molar-refractivity contribution in [2.24, 2.45) is 0 Å². The number of pyridine rings is 1. The number of ether oxygens (including phenoxy) is 1. The van der Waals surface area contributed by atoms with Crippen molar-refractivity contribution in [1.29, 1.82) is 0 Å². The van der Waals surface area contributed by atoms with E-state index in [9.17, 15) is 9.90 Å². The third-order valence-electron chi connectivity index (χ3n) is 6.28. The van der Waals surface area contributed by atoms with Gasteiger partial charge in [-0.1, -0.05) is 0 Å². The van der Waals surface area contributed by atoms with Gasteiger partial charge < -0.3 is 25.0 Å². The molecule has 2 aromatic rings. The number of amides is 1. The van der Waals surface area contributed by atoms with Crippen LogP contribution in [0.15, 0.2) is 23.4 Å². The molecule has 0 atom stereocenters. The van der Waals surface area contributed by atoms with Crippen molar-refractivity contribution in [2.75, 3.05) is 51.3 Å². The Morgan fingerprint density at radius 3 is 2.71 bits per heavy atom. The number of piperazine rings is 1. The summed E-state index contributed by atoms with van der Waals surface area (Å²) in [6.45, 7) is 5.16. The smallest absolute Gasteiger partial charge is 0.270 e. The second kappa shape index (κ2) is 8.59. The van der Waals surface area contributed by atoms with E-state index in [1.807, 2.05) is 10.6 Å². The van der Waals surface area contributed by atoms with E-state index in [1.165, 1.54) is 11.9 Å². The van der Waals surface area contributed by atoms with Crippen LogP contribution in [0, 0.1) is 0 Å². The van der Waals surface area contributed by atoms with E-state index in [0.717, 1.165) is 68.1 Å². The Labute approximate surface area is 186 Å². The molecule has 9 nitrogen and oxygen atoms in total. The van der Waals surface area contributed by atoms with Crippen molar-refractivity contribution in [3.63, 3.8) is 0 Å². The van der Waals surface area contributed by atoms with Crippen molar-refractivity contribution in [2.45, 2.75) is 42.3 Å². The molecule has 2 aromatic heterocycles. The quantitative estimate of drug-likeness (QED) is 0.448. The SMILES string of the molecule is CN1CCN(c2cc(SNC3(O)CC3)cn3c(C(=O)NC4CCOCC4)cnc23)CC1. The zero-order valence-electron chi connectivity index (χ0n) is 17.8. The summed E-state index contributed by atoms with van der Waals surface area (Å²) < 4.78 is 10.4. The molecule has 1 saturated carbocycles. The third-order valence-corrected chi connectivity index (χ3v) is 7.22. The van der Waals surface area contributed by atoms with Crippen LogP contribution in [0.1, 0.15) is 36.2 Å². The van der Waals surface area contributed by atoms with Gasteiger partial charge >= 0.3 is 0 Å². The summed E-state index contributed by atoms with van der Waals surface area (Å²) in [5.41, 5.74) is 1.57. The van der Waals surface area contributed by atoms with Crippen molar-refractivity contribution < 1.29 is 14.6 Å². The maximum Gasteiger partial charge on any atom is 0.270 e. The average Bonchev–Trinajstić information content (AvgIpc) is 3.36. The number of anilines is 1. The van der Waals surface area contributed by atoms with Crippen LogP contribution in [0.5, 0.6) is 0 Å². The Morgan fingerprint density at radius 1 is 1.26 bits per heavy atom. The Hall–Kier alpha value is -1.85. The highest BCUT2D eigenvalue weighted by Crippen LogP contribution is 2.36. The fourth-order valence-corrected chi connectivity index (χ4v) is 4.86. The molecule has 0 radical (unpaired) electrons.